The van der Waals surface area contributed by atoms with Gasteiger partial charge in [0.25, 0.3) is 6.43 Å². The maximum absolute atomic E-state index is 12.3. The molecule has 0 aromatic carbocycles. The Labute approximate surface area is 86.7 Å². The zero-order chi connectivity index (χ0) is 10.0. The molecule has 1 heterocycles. The van der Waals surface area contributed by atoms with Crippen LogP contribution >= 0.6 is 27.5 Å². The van der Waals surface area contributed by atoms with Gasteiger partial charge in [0.15, 0.2) is 10.9 Å². The molecule has 1 rings (SSSR count). The Hall–Kier alpha value is -0.420. The van der Waals surface area contributed by atoms with E-state index < -0.39 is 17.7 Å². The molecule has 0 aliphatic heterocycles. The van der Waals surface area contributed by atoms with E-state index >= 15 is 0 Å². The van der Waals surface area contributed by atoms with Crippen molar-refractivity contribution < 1.29 is 13.9 Å². The van der Waals surface area contributed by atoms with Crippen molar-refractivity contribution in [2.24, 2.45) is 0 Å². The Morgan fingerprint density at radius 1 is 1.62 bits per heavy atom. The average molecular weight is 272 g/mol. The second kappa shape index (κ2) is 4.19. The van der Waals surface area contributed by atoms with Crippen molar-refractivity contribution in [1.29, 1.82) is 0 Å². The van der Waals surface area contributed by atoms with E-state index in [1.54, 1.807) is 0 Å². The fraction of sp³-hybridized carbons (Fsp3) is 0.286. The fourth-order valence-electron chi connectivity index (χ4n) is 0.813. The van der Waals surface area contributed by atoms with Crippen LogP contribution in [-0.2, 0) is 5.33 Å². The highest BCUT2D eigenvalue weighted by molar-refractivity contribution is 9.08. The summed E-state index contributed by atoms with van der Waals surface area (Å²) < 4.78 is 24.5. The lowest BCUT2D eigenvalue weighted by atomic mass is 10.2. The normalized spacial score (nSPS) is 10.8. The van der Waals surface area contributed by atoms with E-state index in [2.05, 4.69) is 20.9 Å². The molecule has 13 heavy (non-hydrogen) atoms. The van der Waals surface area contributed by atoms with Crippen molar-refractivity contribution in [3.8, 4) is 5.75 Å². The van der Waals surface area contributed by atoms with Gasteiger partial charge in [-0.3, -0.25) is 0 Å². The van der Waals surface area contributed by atoms with Gasteiger partial charge in [-0.2, -0.15) is 0 Å². The summed E-state index contributed by atoms with van der Waals surface area (Å²) in [6.07, 6.45) is -2.75. The minimum Gasteiger partial charge on any atom is -0.504 e. The first-order valence-corrected chi connectivity index (χ1v) is 4.78. The maximum atomic E-state index is 12.3. The van der Waals surface area contributed by atoms with E-state index in [0.717, 1.165) is 6.07 Å². The van der Waals surface area contributed by atoms with Crippen LogP contribution in [0.3, 0.4) is 0 Å². The van der Waals surface area contributed by atoms with Crippen LogP contribution in [0.1, 0.15) is 17.7 Å². The number of aromatic hydroxyl groups is 1. The van der Waals surface area contributed by atoms with Crippen molar-refractivity contribution in [2.45, 2.75) is 11.8 Å². The summed E-state index contributed by atoms with van der Waals surface area (Å²) in [4.78, 5) is 3.67. The Bertz CT molecular complexity index is 322. The molecule has 2 nitrogen and oxygen atoms in total. The number of aromatic nitrogens is 1. The Morgan fingerprint density at radius 2 is 2.23 bits per heavy atom. The van der Waals surface area contributed by atoms with Gasteiger partial charge >= 0.3 is 0 Å². The summed E-state index contributed by atoms with van der Waals surface area (Å²) in [5.74, 6) is -0.652. The molecule has 0 amide bonds. The Balaban J connectivity index is 3.25. The standard InChI is InChI=1S/C7H5BrClF2NO/c8-2-3-1-4(7(10)11)5(13)6(9)12-3/h1,7,13H,2H2. The summed E-state index contributed by atoms with van der Waals surface area (Å²) in [6.45, 7) is 0. The van der Waals surface area contributed by atoms with Gasteiger partial charge in [0.1, 0.15) is 0 Å². The van der Waals surface area contributed by atoms with Crippen molar-refractivity contribution in [2.75, 3.05) is 0 Å². The number of hydrogen-bond acceptors (Lipinski definition) is 2. The van der Waals surface area contributed by atoms with Crippen LogP contribution in [0.15, 0.2) is 6.07 Å². The van der Waals surface area contributed by atoms with Gasteiger partial charge in [-0.25, -0.2) is 13.8 Å². The van der Waals surface area contributed by atoms with Gasteiger partial charge in [-0.1, -0.05) is 27.5 Å². The first-order valence-electron chi connectivity index (χ1n) is 3.28. The molecule has 1 aromatic rings. The number of hydrogen-bond donors (Lipinski definition) is 1. The lowest BCUT2D eigenvalue weighted by molar-refractivity contribution is 0.147. The quantitative estimate of drug-likeness (QED) is 0.662. The van der Waals surface area contributed by atoms with Crippen LogP contribution in [0.2, 0.25) is 5.15 Å². The molecule has 0 bridgehead atoms. The van der Waals surface area contributed by atoms with E-state index in [-0.39, 0.29) is 5.15 Å². The summed E-state index contributed by atoms with van der Waals surface area (Å²) in [6, 6.07) is 1.11. The SMILES string of the molecule is Oc1c(C(F)F)cc(CBr)nc1Cl. The van der Waals surface area contributed by atoms with Crippen molar-refractivity contribution >= 4 is 27.5 Å². The minimum atomic E-state index is -2.75. The molecule has 0 saturated carbocycles. The molecule has 0 aliphatic rings. The maximum Gasteiger partial charge on any atom is 0.267 e. The monoisotopic (exact) mass is 271 g/mol. The third kappa shape index (κ3) is 2.28. The predicted molar refractivity (Wildman–Crippen MR) is 48.5 cm³/mol. The highest BCUT2D eigenvalue weighted by Gasteiger charge is 2.17. The van der Waals surface area contributed by atoms with Gasteiger partial charge in [0, 0.05) is 5.33 Å². The predicted octanol–water partition coefficient (Wildman–Crippen LogP) is 3.27. The molecule has 0 saturated heterocycles. The molecule has 6 heteroatoms. The van der Waals surface area contributed by atoms with E-state index in [4.69, 9.17) is 16.7 Å². The van der Waals surface area contributed by atoms with E-state index in [0.29, 0.717) is 11.0 Å². The van der Waals surface area contributed by atoms with Gasteiger partial charge in [0.2, 0.25) is 0 Å². The van der Waals surface area contributed by atoms with Gasteiger partial charge in [-0.15, -0.1) is 0 Å². The number of nitrogens with zero attached hydrogens (tertiary/aromatic N) is 1. The number of alkyl halides is 3. The molecule has 0 spiro atoms. The zero-order valence-electron chi connectivity index (χ0n) is 6.27. The lowest BCUT2D eigenvalue weighted by Crippen LogP contribution is -1.93. The summed E-state index contributed by atoms with van der Waals surface area (Å²) in [5.41, 5.74) is -0.132. The molecule has 0 atom stereocenters. The van der Waals surface area contributed by atoms with Crippen molar-refractivity contribution in [3.05, 3.63) is 22.5 Å². The zero-order valence-corrected chi connectivity index (χ0v) is 8.61. The van der Waals surface area contributed by atoms with Crippen LogP contribution in [0.25, 0.3) is 0 Å². The van der Waals surface area contributed by atoms with Crippen LogP contribution in [-0.4, -0.2) is 10.1 Å². The Morgan fingerprint density at radius 3 is 2.69 bits per heavy atom. The molecular formula is C7H5BrClF2NO. The Kier molecular flexibility index (Phi) is 3.44. The van der Waals surface area contributed by atoms with E-state index in [1.165, 1.54) is 0 Å². The summed E-state index contributed by atoms with van der Waals surface area (Å²) in [7, 11) is 0. The topological polar surface area (TPSA) is 33.1 Å². The number of pyridine rings is 1. The summed E-state index contributed by atoms with van der Waals surface area (Å²) in [5, 5.41) is 9.11. The van der Waals surface area contributed by atoms with Crippen LogP contribution in [0.5, 0.6) is 5.75 Å². The minimum absolute atomic E-state index is 0.299. The molecule has 1 aromatic heterocycles. The van der Waals surface area contributed by atoms with Gasteiger partial charge < -0.3 is 5.11 Å². The average Bonchev–Trinajstić information content (AvgIpc) is 2.09. The van der Waals surface area contributed by atoms with Gasteiger partial charge in [-0.05, 0) is 6.07 Å². The molecule has 72 valence electrons. The summed E-state index contributed by atoms with van der Waals surface area (Å²) >= 11 is 8.48. The van der Waals surface area contributed by atoms with Crippen LogP contribution in [0.4, 0.5) is 8.78 Å². The van der Waals surface area contributed by atoms with Crippen molar-refractivity contribution in [1.82, 2.24) is 4.98 Å². The number of rotatable bonds is 2. The molecule has 0 unspecified atom stereocenters. The molecule has 1 N–H and O–H groups in total. The smallest absolute Gasteiger partial charge is 0.267 e. The molecule has 0 fully saturated rings. The highest BCUT2D eigenvalue weighted by Crippen LogP contribution is 2.33. The third-order valence-corrected chi connectivity index (χ3v) is 2.24. The largest absolute Gasteiger partial charge is 0.504 e. The van der Waals surface area contributed by atoms with Crippen LogP contribution in [0, 0.1) is 0 Å². The second-order valence-electron chi connectivity index (χ2n) is 2.28. The first-order chi connectivity index (χ1) is 6.06. The van der Waals surface area contributed by atoms with E-state index in [9.17, 15) is 8.78 Å². The van der Waals surface area contributed by atoms with Crippen molar-refractivity contribution in [3.63, 3.8) is 0 Å². The molecule has 0 radical (unpaired) electrons. The number of halogens is 4. The molecular weight excluding hydrogens is 267 g/mol. The highest BCUT2D eigenvalue weighted by atomic mass is 79.9. The second-order valence-corrected chi connectivity index (χ2v) is 3.20. The van der Waals surface area contributed by atoms with Gasteiger partial charge in [0.05, 0.1) is 11.3 Å². The van der Waals surface area contributed by atoms with E-state index in [1.807, 2.05) is 0 Å². The van der Waals surface area contributed by atoms with Crippen LogP contribution < -0.4 is 0 Å². The fourth-order valence-corrected chi connectivity index (χ4v) is 1.32. The first kappa shape index (κ1) is 10.7. The molecule has 0 aliphatic carbocycles. The third-order valence-electron chi connectivity index (χ3n) is 1.40. The lowest BCUT2D eigenvalue weighted by Gasteiger charge is -2.06.